The van der Waals surface area contributed by atoms with E-state index in [4.69, 9.17) is 16.1 Å². The molecule has 1 N–H and O–H groups in total. The number of hydrogen-bond acceptors (Lipinski definition) is 5. The van der Waals surface area contributed by atoms with E-state index in [1.165, 1.54) is 42.5 Å². The standard InChI is InChI=1S/C21H14ClFN2O4/c1-11-10-16(24-29-11)25-18(12-4-8-15(23)9-5-12)17(20(27)21(25)28)19(26)13-2-6-14(22)7-3-13/h2-10,18,26H,1H3/b19-17+. The van der Waals surface area contributed by atoms with Crippen molar-refractivity contribution in [2.45, 2.75) is 13.0 Å². The SMILES string of the molecule is Cc1cc(N2C(=O)C(=O)/C(=C(/O)c3ccc(Cl)cc3)C2c2ccc(F)cc2)no1. The second-order valence-corrected chi connectivity index (χ2v) is 6.96. The molecular formula is C21H14ClFN2O4. The Hall–Kier alpha value is -3.45. The summed E-state index contributed by atoms with van der Waals surface area (Å²) in [5, 5.41) is 15.2. The summed E-state index contributed by atoms with van der Waals surface area (Å²) in [6, 6.07) is 12.0. The molecule has 0 radical (unpaired) electrons. The Bertz CT molecular complexity index is 1140. The van der Waals surface area contributed by atoms with Crippen LogP contribution in [0, 0.1) is 12.7 Å². The average molecular weight is 413 g/mol. The van der Waals surface area contributed by atoms with Crippen molar-refractivity contribution in [3.05, 3.63) is 87.9 Å². The Kier molecular flexibility index (Phi) is 4.68. The normalized spacial score (nSPS) is 18.4. The number of carbonyl (C=O) groups excluding carboxylic acids is 2. The van der Waals surface area contributed by atoms with E-state index >= 15 is 0 Å². The Morgan fingerprint density at radius 1 is 1.14 bits per heavy atom. The molecule has 1 saturated heterocycles. The number of halogens is 2. The van der Waals surface area contributed by atoms with Crippen LogP contribution < -0.4 is 4.90 Å². The summed E-state index contributed by atoms with van der Waals surface area (Å²) in [5.74, 6) is -2.03. The summed E-state index contributed by atoms with van der Waals surface area (Å²) in [7, 11) is 0. The minimum Gasteiger partial charge on any atom is -0.507 e. The Balaban J connectivity index is 1.93. The minimum atomic E-state index is -1.00. The van der Waals surface area contributed by atoms with Crippen molar-refractivity contribution in [1.29, 1.82) is 0 Å². The summed E-state index contributed by atoms with van der Waals surface area (Å²) in [6.45, 7) is 1.65. The van der Waals surface area contributed by atoms with E-state index in [9.17, 15) is 19.1 Å². The van der Waals surface area contributed by atoms with Crippen molar-refractivity contribution in [2.24, 2.45) is 0 Å². The maximum Gasteiger partial charge on any atom is 0.301 e. The number of Topliss-reactive ketones (excluding diaryl/α,β-unsaturated/α-hetero) is 1. The number of aliphatic hydroxyl groups is 1. The summed E-state index contributed by atoms with van der Waals surface area (Å²) < 4.78 is 18.5. The molecule has 0 saturated carbocycles. The number of hydrogen-bond donors (Lipinski definition) is 1. The molecule has 2 heterocycles. The van der Waals surface area contributed by atoms with Gasteiger partial charge in [0, 0.05) is 16.7 Å². The van der Waals surface area contributed by atoms with Crippen molar-refractivity contribution in [3.8, 4) is 0 Å². The van der Waals surface area contributed by atoms with Gasteiger partial charge in [0.15, 0.2) is 5.82 Å². The van der Waals surface area contributed by atoms with E-state index in [2.05, 4.69) is 5.16 Å². The number of aryl methyl sites for hydroxylation is 1. The molecule has 0 spiro atoms. The van der Waals surface area contributed by atoms with Crippen LogP contribution in [0.4, 0.5) is 10.2 Å². The topological polar surface area (TPSA) is 83.6 Å². The predicted molar refractivity (Wildman–Crippen MR) is 104 cm³/mol. The van der Waals surface area contributed by atoms with Crippen molar-refractivity contribution >= 4 is 34.9 Å². The smallest absolute Gasteiger partial charge is 0.301 e. The monoisotopic (exact) mass is 412 g/mol. The van der Waals surface area contributed by atoms with Gasteiger partial charge in [0.1, 0.15) is 17.3 Å². The van der Waals surface area contributed by atoms with Crippen molar-refractivity contribution in [2.75, 3.05) is 4.90 Å². The lowest BCUT2D eigenvalue weighted by molar-refractivity contribution is -0.132. The largest absolute Gasteiger partial charge is 0.507 e. The first-order chi connectivity index (χ1) is 13.9. The lowest BCUT2D eigenvalue weighted by Gasteiger charge is -2.22. The first kappa shape index (κ1) is 18.9. The molecular weight excluding hydrogens is 399 g/mol. The maximum atomic E-state index is 13.5. The van der Waals surface area contributed by atoms with Crippen LogP contribution in [0.3, 0.4) is 0 Å². The summed E-state index contributed by atoms with van der Waals surface area (Å²) in [5.41, 5.74) is 0.613. The van der Waals surface area contributed by atoms with Crippen LogP contribution in [-0.4, -0.2) is 22.0 Å². The Morgan fingerprint density at radius 3 is 2.38 bits per heavy atom. The molecule has 1 fully saturated rings. The van der Waals surface area contributed by atoms with Gasteiger partial charge in [0.25, 0.3) is 5.78 Å². The molecule has 0 bridgehead atoms. The van der Waals surface area contributed by atoms with E-state index in [1.807, 2.05) is 0 Å². The number of benzene rings is 2. The highest BCUT2D eigenvalue weighted by molar-refractivity contribution is 6.51. The van der Waals surface area contributed by atoms with Gasteiger partial charge < -0.3 is 9.63 Å². The van der Waals surface area contributed by atoms with Crippen molar-refractivity contribution in [3.63, 3.8) is 0 Å². The summed E-state index contributed by atoms with van der Waals surface area (Å²) >= 11 is 5.89. The fourth-order valence-electron chi connectivity index (χ4n) is 3.26. The van der Waals surface area contributed by atoms with Gasteiger partial charge in [-0.05, 0) is 48.9 Å². The van der Waals surface area contributed by atoms with Crippen LogP contribution in [0.2, 0.25) is 5.02 Å². The van der Waals surface area contributed by atoms with E-state index in [-0.39, 0.29) is 17.2 Å². The van der Waals surface area contributed by atoms with Gasteiger partial charge in [-0.1, -0.05) is 28.9 Å². The molecule has 4 rings (SSSR count). The zero-order valence-corrected chi connectivity index (χ0v) is 15.9. The zero-order chi connectivity index (χ0) is 20.7. The zero-order valence-electron chi connectivity index (χ0n) is 15.1. The molecule has 2 aromatic carbocycles. The minimum absolute atomic E-state index is 0.120. The molecule has 8 heteroatoms. The van der Waals surface area contributed by atoms with Gasteiger partial charge in [-0.25, -0.2) is 4.39 Å². The predicted octanol–water partition coefficient (Wildman–Crippen LogP) is 4.40. The van der Waals surface area contributed by atoms with Crippen LogP contribution in [0.1, 0.15) is 22.9 Å². The fourth-order valence-corrected chi connectivity index (χ4v) is 3.39. The van der Waals surface area contributed by atoms with Gasteiger partial charge in [-0.15, -0.1) is 0 Å². The lowest BCUT2D eigenvalue weighted by Crippen LogP contribution is -2.29. The third-order valence-corrected chi connectivity index (χ3v) is 4.86. The van der Waals surface area contributed by atoms with E-state index < -0.39 is 23.5 Å². The number of aliphatic hydroxyl groups excluding tert-OH is 1. The molecule has 146 valence electrons. The molecule has 3 aromatic rings. The van der Waals surface area contributed by atoms with Crippen LogP contribution >= 0.6 is 11.6 Å². The van der Waals surface area contributed by atoms with Crippen LogP contribution in [0.25, 0.3) is 5.76 Å². The highest BCUT2D eigenvalue weighted by Gasteiger charge is 2.48. The number of amides is 1. The third kappa shape index (κ3) is 3.30. The quantitative estimate of drug-likeness (QED) is 0.391. The number of anilines is 1. The average Bonchev–Trinajstić information content (AvgIpc) is 3.24. The number of ketones is 1. The molecule has 1 aliphatic rings. The molecule has 1 aliphatic heterocycles. The second-order valence-electron chi connectivity index (χ2n) is 6.52. The van der Waals surface area contributed by atoms with Gasteiger partial charge in [0.05, 0.1) is 11.6 Å². The highest BCUT2D eigenvalue weighted by Crippen LogP contribution is 2.41. The van der Waals surface area contributed by atoms with Crippen molar-refractivity contribution < 1.29 is 23.6 Å². The van der Waals surface area contributed by atoms with Crippen LogP contribution in [0.15, 0.2) is 64.7 Å². The first-order valence-electron chi connectivity index (χ1n) is 8.62. The Morgan fingerprint density at radius 2 is 1.79 bits per heavy atom. The fraction of sp³-hybridized carbons (Fsp3) is 0.0952. The third-order valence-electron chi connectivity index (χ3n) is 4.61. The molecule has 6 nitrogen and oxygen atoms in total. The lowest BCUT2D eigenvalue weighted by atomic mass is 9.95. The van der Waals surface area contributed by atoms with Gasteiger partial charge in [-0.3, -0.25) is 14.5 Å². The maximum absolute atomic E-state index is 13.5. The molecule has 1 aromatic heterocycles. The van der Waals surface area contributed by atoms with Crippen LogP contribution in [0.5, 0.6) is 0 Å². The molecule has 0 aliphatic carbocycles. The van der Waals surface area contributed by atoms with E-state index in [1.54, 1.807) is 19.1 Å². The molecule has 1 amide bonds. The summed E-state index contributed by atoms with van der Waals surface area (Å²) in [4.78, 5) is 26.8. The number of aromatic nitrogens is 1. The Labute approximate surface area is 169 Å². The highest BCUT2D eigenvalue weighted by atomic mass is 35.5. The second kappa shape index (κ2) is 7.18. The first-order valence-corrected chi connectivity index (χ1v) is 9.00. The number of nitrogens with zero attached hydrogens (tertiary/aromatic N) is 2. The van der Waals surface area contributed by atoms with Crippen LogP contribution in [-0.2, 0) is 9.59 Å². The van der Waals surface area contributed by atoms with Crippen molar-refractivity contribution in [1.82, 2.24) is 5.16 Å². The molecule has 29 heavy (non-hydrogen) atoms. The number of rotatable bonds is 3. The van der Waals surface area contributed by atoms with Gasteiger partial charge >= 0.3 is 5.91 Å². The van der Waals surface area contributed by atoms with Gasteiger partial charge in [0.2, 0.25) is 0 Å². The number of carbonyl (C=O) groups is 2. The molecule has 1 atom stereocenters. The summed E-state index contributed by atoms with van der Waals surface area (Å²) in [6.07, 6.45) is 0. The molecule has 1 unspecified atom stereocenters. The van der Waals surface area contributed by atoms with E-state index in [0.717, 1.165) is 4.90 Å². The van der Waals surface area contributed by atoms with E-state index in [0.29, 0.717) is 21.9 Å². The van der Waals surface area contributed by atoms with Gasteiger partial charge in [-0.2, -0.15) is 0 Å².